The van der Waals surface area contributed by atoms with Gasteiger partial charge in [-0.15, -0.1) is 0 Å². The molecule has 0 bridgehead atoms. The number of rotatable bonds is 16. The number of unbranched alkanes of at least 4 members (excludes halogenated alkanes) is 9. The Hall–Kier alpha value is 0.317. The fraction of sp³-hybridized carbons (Fsp3) is 0.750. The van der Waals surface area contributed by atoms with Crippen LogP contribution >= 0.6 is 0 Å². The van der Waals surface area contributed by atoms with Crippen LogP contribution < -0.4 is 29.6 Å². The smallest absolute Gasteiger partial charge is 1.00 e. The van der Waals surface area contributed by atoms with Gasteiger partial charge in [0.25, 0.3) is 0 Å². The Morgan fingerprint density at radius 1 is 0.655 bits per heavy atom. The van der Waals surface area contributed by atoms with Crippen LogP contribution in [-0.4, -0.2) is 30.1 Å². The summed E-state index contributed by atoms with van der Waals surface area (Å²) in [5, 5.41) is 0. The van der Waals surface area contributed by atoms with Crippen molar-refractivity contribution in [3.05, 3.63) is 35.9 Å². The van der Waals surface area contributed by atoms with E-state index < -0.39 is 8.80 Å². The molecule has 1 aromatic carbocycles. The summed E-state index contributed by atoms with van der Waals surface area (Å²) in [6, 6.07) is 11.8. The molecule has 1 rings (SSSR count). The van der Waals surface area contributed by atoms with E-state index in [-0.39, 0.29) is 31.0 Å². The standard InChI is InChI=1S/C18H30.C6H16O3Si.Na.H/c1-2-3-4-5-6-7-8-9-10-12-15-18-16-13-11-14-17-18;1-5-6-10(7-2,8-3)9-4;;/h11,13-14,16-17H,2-10,12,15H2,1H3;5-6H2,1-4H3;;/q;;+1;-1. The molecule has 5 heteroatoms. The molecule has 0 heterocycles. The molecule has 0 atom stereocenters. The van der Waals surface area contributed by atoms with E-state index >= 15 is 0 Å². The summed E-state index contributed by atoms with van der Waals surface area (Å²) in [7, 11) is 2.68. The minimum atomic E-state index is -2.22. The van der Waals surface area contributed by atoms with E-state index in [4.69, 9.17) is 13.3 Å². The monoisotopic (exact) mass is 434 g/mol. The van der Waals surface area contributed by atoms with Gasteiger partial charge in [0.05, 0.1) is 0 Å². The molecule has 0 unspecified atom stereocenters. The van der Waals surface area contributed by atoms with Gasteiger partial charge in [-0.05, 0) is 18.4 Å². The van der Waals surface area contributed by atoms with Gasteiger partial charge in [0, 0.05) is 27.4 Å². The van der Waals surface area contributed by atoms with Crippen LogP contribution in [0.5, 0.6) is 0 Å². The van der Waals surface area contributed by atoms with E-state index in [1.165, 1.54) is 76.2 Å². The van der Waals surface area contributed by atoms with Gasteiger partial charge in [0.2, 0.25) is 0 Å². The zero-order valence-corrected chi connectivity index (χ0v) is 23.3. The Kier molecular flexibility index (Phi) is 25.0. The summed E-state index contributed by atoms with van der Waals surface area (Å²) in [6.07, 6.45) is 16.5. The zero-order chi connectivity index (χ0) is 20.9. The molecule has 0 aliphatic rings. The predicted molar refractivity (Wildman–Crippen MR) is 125 cm³/mol. The van der Waals surface area contributed by atoms with Gasteiger partial charge < -0.3 is 14.7 Å². The van der Waals surface area contributed by atoms with E-state index in [0.717, 1.165) is 12.5 Å². The Morgan fingerprint density at radius 3 is 1.48 bits per heavy atom. The molecule has 0 fully saturated rings. The van der Waals surface area contributed by atoms with Crippen LogP contribution in [0.2, 0.25) is 6.04 Å². The first-order chi connectivity index (χ1) is 13.7. The Balaban J connectivity index is -0.000000526. The van der Waals surface area contributed by atoms with Crippen LogP contribution in [0.4, 0.5) is 0 Å². The Morgan fingerprint density at radius 2 is 1.10 bits per heavy atom. The van der Waals surface area contributed by atoms with Crippen molar-refractivity contribution < 1.29 is 44.3 Å². The maximum absolute atomic E-state index is 5.17. The Bertz CT molecular complexity index is 425. The maximum Gasteiger partial charge on any atom is 1.00 e. The normalized spacial score (nSPS) is 10.8. The molecule has 3 nitrogen and oxygen atoms in total. The average Bonchev–Trinajstić information content (AvgIpc) is 2.75. The number of hydrogen-bond acceptors (Lipinski definition) is 3. The van der Waals surface area contributed by atoms with Crippen molar-refractivity contribution in [3.8, 4) is 0 Å². The van der Waals surface area contributed by atoms with Crippen LogP contribution in [0.1, 0.15) is 91.5 Å². The van der Waals surface area contributed by atoms with Crippen molar-refractivity contribution in [2.24, 2.45) is 0 Å². The molecule has 0 N–H and O–H groups in total. The van der Waals surface area contributed by atoms with Crippen LogP contribution in [0.25, 0.3) is 0 Å². The van der Waals surface area contributed by atoms with E-state index in [1.54, 1.807) is 21.3 Å². The summed E-state index contributed by atoms with van der Waals surface area (Å²) in [5.41, 5.74) is 1.50. The summed E-state index contributed by atoms with van der Waals surface area (Å²) in [6.45, 7) is 4.37. The summed E-state index contributed by atoms with van der Waals surface area (Å²) < 4.78 is 15.5. The fourth-order valence-electron chi connectivity index (χ4n) is 3.32. The maximum atomic E-state index is 5.17. The van der Waals surface area contributed by atoms with E-state index in [9.17, 15) is 0 Å². The summed E-state index contributed by atoms with van der Waals surface area (Å²) in [5.74, 6) is 0. The molecule has 0 radical (unpaired) electrons. The molecule has 29 heavy (non-hydrogen) atoms. The van der Waals surface area contributed by atoms with Crippen molar-refractivity contribution in [1.82, 2.24) is 0 Å². The molecule has 0 spiro atoms. The summed E-state index contributed by atoms with van der Waals surface area (Å²) in [4.78, 5) is 0. The number of hydrogen-bond donors (Lipinski definition) is 0. The van der Waals surface area contributed by atoms with Crippen molar-refractivity contribution in [1.29, 1.82) is 0 Å². The second-order valence-electron chi connectivity index (χ2n) is 7.46. The molecule has 0 aliphatic carbocycles. The first-order valence-electron chi connectivity index (χ1n) is 11.4. The van der Waals surface area contributed by atoms with Gasteiger partial charge in [0.1, 0.15) is 0 Å². The van der Waals surface area contributed by atoms with Gasteiger partial charge in [0.15, 0.2) is 0 Å². The zero-order valence-electron chi connectivity index (χ0n) is 21.3. The summed E-state index contributed by atoms with van der Waals surface area (Å²) >= 11 is 0. The quantitative estimate of drug-likeness (QED) is 0.282. The van der Waals surface area contributed by atoms with Gasteiger partial charge in [-0.2, -0.15) is 0 Å². The first kappa shape index (κ1) is 31.5. The van der Waals surface area contributed by atoms with Crippen molar-refractivity contribution in [3.63, 3.8) is 0 Å². The van der Waals surface area contributed by atoms with Crippen molar-refractivity contribution in [2.75, 3.05) is 21.3 Å². The molecule has 0 saturated carbocycles. The number of aryl methyl sites for hydroxylation is 1. The van der Waals surface area contributed by atoms with Gasteiger partial charge >= 0.3 is 38.4 Å². The molecule has 166 valence electrons. The molecule has 0 saturated heterocycles. The average molecular weight is 435 g/mol. The fourth-order valence-corrected chi connectivity index (χ4v) is 5.05. The van der Waals surface area contributed by atoms with Crippen LogP contribution in [0.3, 0.4) is 0 Å². The first-order valence-corrected chi connectivity index (χ1v) is 13.3. The van der Waals surface area contributed by atoms with Crippen LogP contribution in [0.15, 0.2) is 30.3 Å². The topological polar surface area (TPSA) is 27.7 Å². The van der Waals surface area contributed by atoms with Crippen molar-refractivity contribution in [2.45, 2.75) is 96.9 Å². The second kappa shape index (κ2) is 23.0. The third-order valence-electron chi connectivity index (χ3n) is 5.15. The SMILES string of the molecule is CCCCCCCCCCCCc1ccccc1.CCC[Si](OC)(OC)OC.[H-].[Na+]. The van der Waals surface area contributed by atoms with E-state index in [1.807, 2.05) is 0 Å². The molecule has 0 aliphatic heterocycles. The van der Waals surface area contributed by atoms with Gasteiger partial charge in [-0.3, -0.25) is 0 Å². The number of benzene rings is 1. The van der Waals surface area contributed by atoms with Crippen LogP contribution in [0, 0.1) is 0 Å². The largest absolute Gasteiger partial charge is 1.00 e. The minimum Gasteiger partial charge on any atom is -1.00 e. The predicted octanol–water partition coefficient (Wildman–Crippen LogP) is 4.54. The van der Waals surface area contributed by atoms with Crippen LogP contribution in [-0.2, 0) is 19.7 Å². The molecular weight excluding hydrogens is 387 g/mol. The Labute approximate surface area is 206 Å². The van der Waals surface area contributed by atoms with E-state index in [2.05, 4.69) is 44.2 Å². The molecule has 0 amide bonds. The minimum absolute atomic E-state index is 0. The third-order valence-corrected chi connectivity index (χ3v) is 8.13. The third kappa shape index (κ3) is 17.7. The molecular formula is C24H47NaO3Si. The molecule has 0 aromatic heterocycles. The van der Waals surface area contributed by atoms with E-state index in [0.29, 0.717) is 0 Å². The molecule has 1 aromatic rings. The second-order valence-corrected chi connectivity index (χ2v) is 10.6. The van der Waals surface area contributed by atoms with Gasteiger partial charge in [-0.25, -0.2) is 0 Å². The van der Waals surface area contributed by atoms with Crippen molar-refractivity contribution >= 4 is 8.80 Å². The van der Waals surface area contributed by atoms with Gasteiger partial charge in [-0.1, -0.05) is 108 Å².